The van der Waals surface area contributed by atoms with Crippen LogP contribution in [-0.4, -0.2) is 11.1 Å². The predicted molar refractivity (Wildman–Crippen MR) is 69.4 cm³/mol. The van der Waals surface area contributed by atoms with Crippen molar-refractivity contribution in [2.45, 2.75) is 6.54 Å². The fourth-order valence-corrected chi connectivity index (χ4v) is 2.07. The fourth-order valence-electron chi connectivity index (χ4n) is 1.47. The number of rotatable bonds is 4. The standard InChI is InChI=1S/C12H8Cl2FNO3/c13-8-3-6(15)4-9(14)11(8)16-5-7-1-2-10(19-7)12(17)18/h1-4,16H,5H2,(H,17,18). The van der Waals surface area contributed by atoms with Crippen LogP contribution in [0.25, 0.3) is 0 Å². The Bertz CT molecular complexity index is 604. The Morgan fingerprint density at radius 3 is 2.47 bits per heavy atom. The molecule has 0 saturated heterocycles. The Morgan fingerprint density at radius 2 is 1.95 bits per heavy atom. The molecule has 2 aromatic rings. The summed E-state index contributed by atoms with van der Waals surface area (Å²) in [5.74, 6) is -1.45. The molecule has 4 nitrogen and oxygen atoms in total. The fraction of sp³-hybridized carbons (Fsp3) is 0.0833. The summed E-state index contributed by atoms with van der Waals surface area (Å²) in [6.07, 6.45) is 0. The van der Waals surface area contributed by atoms with Crippen molar-refractivity contribution in [3.8, 4) is 0 Å². The molecule has 0 unspecified atom stereocenters. The summed E-state index contributed by atoms with van der Waals surface area (Å²) in [5, 5.41) is 11.8. The number of furan rings is 1. The Kier molecular flexibility index (Phi) is 3.97. The van der Waals surface area contributed by atoms with E-state index in [0.717, 1.165) is 12.1 Å². The van der Waals surface area contributed by atoms with E-state index in [2.05, 4.69) is 5.32 Å². The van der Waals surface area contributed by atoms with E-state index in [1.54, 1.807) is 0 Å². The lowest BCUT2D eigenvalue weighted by Crippen LogP contribution is -2.00. The zero-order chi connectivity index (χ0) is 14.0. The van der Waals surface area contributed by atoms with E-state index in [1.807, 2.05) is 0 Å². The number of benzene rings is 1. The highest BCUT2D eigenvalue weighted by atomic mass is 35.5. The molecule has 19 heavy (non-hydrogen) atoms. The largest absolute Gasteiger partial charge is 0.475 e. The smallest absolute Gasteiger partial charge is 0.371 e. The molecule has 0 atom stereocenters. The van der Waals surface area contributed by atoms with Gasteiger partial charge in [0.2, 0.25) is 5.76 Å². The van der Waals surface area contributed by atoms with Crippen LogP contribution in [0.15, 0.2) is 28.7 Å². The molecule has 1 aromatic heterocycles. The maximum absolute atomic E-state index is 13.0. The first kappa shape index (κ1) is 13.7. The molecule has 1 aromatic carbocycles. The summed E-state index contributed by atoms with van der Waals surface area (Å²) in [4.78, 5) is 10.6. The second-order valence-electron chi connectivity index (χ2n) is 3.67. The zero-order valence-corrected chi connectivity index (χ0v) is 10.9. The number of nitrogens with one attached hydrogen (secondary N) is 1. The van der Waals surface area contributed by atoms with Crippen LogP contribution in [0.3, 0.4) is 0 Å². The van der Waals surface area contributed by atoms with Gasteiger partial charge in [0.1, 0.15) is 11.6 Å². The Hall–Kier alpha value is -1.72. The van der Waals surface area contributed by atoms with Crippen molar-refractivity contribution in [3.05, 3.63) is 51.6 Å². The summed E-state index contributed by atoms with van der Waals surface area (Å²) in [6.45, 7) is 0.179. The molecule has 0 amide bonds. The van der Waals surface area contributed by atoms with Gasteiger partial charge in [-0.05, 0) is 24.3 Å². The SMILES string of the molecule is O=C(O)c1ccc(CNc2c(Cl)cc(F)cc2Cl)o1. The first-order valence-electron chi connectivity index (χ1n) is 5.18. The Morgan fingerprint density at radius 1 is 1.32 bits per heavy atom. The van der Waals surface area contributed by atoms with Crippen LogP contribution < -0.4 is 5.32 Å². The summed E-state index contributed by atoms with van der Waals surface area (Å²) in [7, 11) is 0. The van der Waals surface area contributed by atoms with Gasteiger partial charge in [-0.15, -0.1) is 0 Å². The summed E-state index contributed by atoms with van der Waals surface area (Å²) in [6, 6.07) is 5.11. The van der Waals surface area contributed by atoms with Crippen molar-refractivity contribution in [1.29, 1.82) is 0 Å². The number of aromatic carboxylic acids is 1. The molecule has 0 fully saturated rings. The van der Waals surface area contributed by atoms with Crippen LogP contribution in [-0.2, 0) is 6.54 Å². The second kappa shape index (κ2) is 5.50. The van der Waals surface area contributed by atoms with Crippen LogP contribution in [0, 0.1) is 5.82 Å². The number of hydrogen-bond donors (Lipinski definition) is 2. The van der Waals surface area contributed by atoms with E-state index in [0.29, 0.717) is 11.4 Å². The average Bonchev–Trinajstić information content (AvgIpc) is 2.76. The molecule has 100 valence electrons. The monoisotopic (exact) mass is 303 g/mol. The maximum atomic E-state index is 13.0. The van der Waals surface area contributed by atoms with Crippen molar-refractivity contribution in [2.75, 3.05) is 5.32 Å². The van der Waals surface area contributed by atoms with Gasteiger partial charge in [0, 0.05) is 0 Å². The average molecular weight is 304 g/mol. The minimum absolute atomic E-state index is 0.134. The van der Waals surface area contributed by atoms with Gasteiger partial charge in [-0.2, -0.15) is 0 Å². The van der Waals surface area contributed by atoms with Crippen molar-refractivity contribution in [1.82, 2.24) is 0 Å². The van der Waals surface area contributed by atoms with Gasteiger partial charge < -0.3 is 14.8 Å². The van der Waals surface area contributed by atoms with Crippen molar-refractivity contribution in [2.24, 2.45) is 0 Å². The molecule has 2 rings (SSSR count). The minimum Gasteiger partial charge on any atom is -0.475 e. The van der Waals surface area contributed by atoms with E-state index in [-0.39, 0.29) is 22.4 Å². The van der Waals surface area contributed by atoms with E-state index in [9.17, 15) is 9.18 Å². The van der Waals surface area contributed by atoms with Crippen molar-refractivity contribution < 1.29 is 18.7 Å². The number of hydrogen-bond acceptors (Lipinski definition) is 3. The topological polar surface area (TPSA) is 62.5 Å². The molecule has 2 N–H and O–H groups in total. The van der Waals surface area contributed by atoms with Crippen LogP contribution in [0.4, 0.5) is 10.1 Å². The highest BCUT2D eigenvalue weighted by Gasteiger charge is 2.11. The molecule has 7 heteroatoms. The van der Waals surface area contributed by atoms with Crippen LogP contribution >= 0.6 is 23.2 Å². The lowest BCUT2D eigenvalue weighted by molar-refractivity contribution is 0.0660. The molecular weight excluding hydrogens is 296 g/mol. The molecule has 0 saturated carbocycles. The molecule has 0 aliphatic rings. The Balaban J connectivity index is 2.12. The van der Waals surface area contributed by atoms with Gasteiger partial charge in [-0.1, -0.05) is 23.2 Å². The lowest BCUT2D eigenvalue weighted by atomic mass is 10.3. The first-order chi connectivity index (χ1) is 8.97. The van der Waals surface area contributed by atoms with Crippen molar-refractivity contribution in [3.63, 3.8) is 0 Å². The second-order valence-corrected chi connectivity index (χ2v) is 4.48. The number of anilines is 1. The van der Waals surface area contributed by atoms with E-state index >= 15 is 0 Å². The molecule has 1 heterocycles. The third kappa shape index (κ3) is 3.19. The first-order valence-corrected chi connectivity index (χ1v) is 5.93. The highest BCUT2D eigenvalue weighted by Crippen LogP contribution is 2.31. The van der Waals surface area contributed by atoms with Crippen LogP contribution in [0.5, 0.6) is 0 Å². The summed E-state index contributed by atoms with van der Waals surface area (Å²) >= 11 is 11.7. The van der Waals surface area contributed by atoms with E-state index in [4.69, 9.17) is 32.7 Å². The van der Waals surface area contributed by atoms with Crippen LogP contribution in [0.2, 0.25) is 10.0 Å². The zero-order valence-electron chi connectivity index (χ0n) is 9.41. The number of carboxylic acid groups (broad SMARTS) is 1. The lowest BCUT2D eigenvalue weighted by Gasteiger charge is -2.09. The summed E-state index contributed by atoms with van der Waals surface area (Å²) < 4.78 is 18.0. The molecule has 0 radical (unpaired) electrons. The van der Waals surface area contributed by atoms with Gasteiger partial charge in [-0.3, -0.25) is 0 Å². The van der Waals surface area contributed by atoms with Gasteiger partial charge >= 0.3 is 5.97 Å². The van der Waals surface area contributed by atoms with Gasteiger partial charge in [-0.25, -0.2) is 9.18 Å². The summed E-state index contributed by atoms with van der Waals surface area (Å²) in [5.41, 5.74) is 0.359. The van der Waals surface area contributed by atoms with E-state index in [1.165, 1.54) is 12.1 Å². The van der Waals surface area contributed by atoms with Gasteiger partial charge in [0.15, 0.2) is 0 Å². The number of carbonyl (C=O) groups is 1. The van der Waals surface area contributed by atoms with Crippen LogP contribution in [0.1, 0.15) is 16.3 Å². The Labute approximate surface area is 117 Å². The highest BCUT2D eigenvalue weighted by molar-refractivity contribution is 6.39. The normalized spacial score (nSPS) is 10.5. The maximum Gasteiger partial charge on any atom is 0.371 e. The number of carboxylic acids is 1. The third-order valence-corrected chi connectivity index (χ3v) is 2.91. The van der Waals surface area contributed by atoms with Gasteiger partial charge in [0.25, 0.3) is 0 Å². The van der Waals surface area contributed by atoms with E-state index < -0.39 is 11.8 Å². The molecule has 0 aliphatic carbocycles. The van der Waals surface area contributed by atoms with Crippen molar-refractivity contribution >= 4 is 34.9 Å². The molecular formula is C12H8Cl2FNO3. The molecule has 0 spiro atoms. The quantitative estimate of drug-likeness (QED) is 0.895. The minimum atomic E-state index is -1.15. The molecule has 0 bridgehead atoms. The number of halogens is 3. The third-order valence-electron chi connectivity index (χ3n) is 2.32. The molecule has 0 aliphatic heterocycles. The predicted octanol–water partition coefficient (Wildman–Crippen LogP) is 4.04. The van der Waals surface area contributed by atoms with Gasteiger partial charge in [0.05, 0.1) is 22.3 Å².